The highest BCUT2D eigenvalue weighted by atomic mass is 35.5. The second-order valence-corrected chi connectivity index (χ2v) is 3.44. The molecule has 0 saturated heterocycles. The molecular weight excluding hydrogens is 210 g/mol. The molecule has 0 aromatic carbocycles. The van der Waals surface area contributed by atoms with Gasteiger partial charge in [0, 0.05) is 12.3 Å². The lowest BCUT2D eigenvalue weighted by atomic mass is 10.5. The van der Waals surface area contributed by atoms with Gasteiger partial charge in [0.15, 0.2) is 0 Å². The topological polar surface area (TPSA) is 50.2 Å². The van der Waals surface area contributed by atoms with Crippen LogP contribution in [0.3, 0.4) is 0 Å². The summed E-state index contributed by atoms with van der Waals surface area (Å²) in [4.78, 5) is 14.1. The Morgan fingerprint density at radius 1 is 1.62 bits per heavy atom. The van der Waals surface area contributed by atoms with E-state index in [0.29, 0.717) is 10.0 Å². The van der Waals surface area contributed by atoms with E-state index in [0.717, 1.165) is 6.08 Å². The predicted octanol–water partition coefficient (Wildman–Crippen LogP) is 2.43. The summed E-state index contributed by atoms with van der Waals surface area (Å²) in [6, 6.07) is 3.42. The number of thioether (sulfide) groups is 1. The van der Waals surface area contributed by atoms with Crippen molar-refractivity contribution in [3.63, 3.8) is 0 Å². The Morgan fingerprint density at radius 3 is 2.92 bits per heavy atom. The zero-order valence-electron chi connectivity index (χ0n) is 6.48. The molecule has 0 fully saturated rings. The Bertz CT molecular complexity index is 323. The van der Waals surface area contributed by atoms with Gasteiger partial charge >= 0.3 is 5.97 Å². The summed E-state index contributed by atoms with van der Waals surface area (Å²) in [6.45, 7) is 0. The predicted molar refractivity (Wildman–Crippen MR) is 51.9 cm³/mol. The molecule has 0 bridgehead atoms. The van der Waals surface area contributed by atoms with Crippen LogP contribution in [0.5, 0.6) is 0 Å². The van der Waals surface area contributed by atoms with Crippen molar-refractivity contribution in [2.24, 2.45) is 0 Å². The number of halogens is 1. The Kier molecular flexibility index (Phi) is 3.79. The number of hydrogen-bond donors (Lipinski definition) is 1. The van der Waals surface area contributed by atoms with Crippen LogP contribution < -0.4 is 0 Å². The molecule has 0 aliphatic carbocycles. The summed E-state index contributed by atoms with van der Waals surface area (Å²) in [5, 5.41) is 11.0. The molecule has 0 spiro atoms. The normalized spacial score (nSPS) is 10.5. The van der Waals surface area contributed by atoms with Gasteiger partial charge in [-0.3, -0.25) is 0 Å². The average Bonchev–Trinajstić information content (AvgIpc) is 2.08. The number of carboxylic acids is 1. The monoisotopic (exact) mass is 215 g/mol. The molecule has 13 heavy (non-hydrogen) atoms. The smallest absolute Gasteiger partial charge is 0.328 e. The Labute approximate surface area is 84.4 Å². The van der Waals surface area contributed by atoms with Crippen molar-refractivity contribution in [3.8, 4) is 0 Å². The quantitative estimate of drug-likeness (QED) is 0.622. The fourth-order valence-electron chi connectivity index (χ4n) is 0.594. The molecule has 1 N–H and O–H groups in total. The van der Waals surface area contributed by atoms with Gasteiger partial charge < -0.3 is 5.11 Å². The van der Waals surface area contributed by atoms with Gasteiger partial charge in [-0.05, 0) is 17.5 Å². The van der Waals surface area contributed by atoms with Crippen LogP contribution in [0.2, 0.25) is 5.02 Å². The third-order valence-electron chi connectivity index (χ3n) is 1.10. The Morgan fingerprint density at radius 2 is 2.38 bits per heavy atom. The molecule has 68 valence electrons. The lowest BCUT2D eigenvalue weighted by molar-refractivity contribution is -0.131. The molecule has 0 aliphatic rings. The highest BCUT2D eigenvalue weighted by Gasteiger charge is 1.92. The van der Waals surface area contributed by atoms with Crippen LogP contribution in [-0.4, -0.2) is 16.1 Å². The van der Waals surface area contributed by atoms with Crippen molar-refractivity contribution in [1.82, 2.24) is 4.98 Å². The average molecular weight is 216 g/mol. The molecule has 1 aromatic rings. The number of rotatable bonds is 3. The lowest BCUT2D eigenvalue weighted by Crippen LogP contribution is -1.84. The third-order valence-corrected chi connectivity index (χ3v) is 2.08. The largest absolute Gasteiger partial charge is 0.478 e. The van der Waals surface area contributed by atoms with E-state index in [1.807, 2.05) is 0 Å². The maximum absolute atomic E-state index is 10.1. The molecule has 3 nitrogen and oxygen atoms in total. The van der Waals surface area contributed by atoms with Gasteiger partial charge in [0.1, 0.15) is 5.03 Å². The van der Waals surface area contributed by atoms with Crippen molar-refractivity contribution in [1.29, 1.82) is 0 Å². The molecule has 0 aliphatic heterocycles. The van der Waals surface area contributed by atoms with Gasteiger partial charge in [-0.15, -0.1) is 0 Å². The van der Waals surface area contributed by atoms with Crippen LogP contribution in [0, 0.1) is 0 Å². The molecule has 0 amide bonds. The molecular formula is C8H6ClNO2S. The Balaban J connectivity index is 2.55. The van der Waals surface area contributed by atoms with Crippen LogP contribution in [0.15, 0.2) is 34.8 Å². The van der Waals surface area contributed by atoms with E-state index in [1.54, 1.807) is 12.1 Å². The van der Waals surface area contributed by atoms with Gasteiger partial charge in [0.2, 0.25) is 0 Å². The summed E-state index contributed by atoms with van der Waals surface area (Å²) in [5.41, 5.74) is 0. The van der Waals surface area contributed by atoms with Gasteiger partial charge in [-0.2, -0.15) is 0 Å². The van der Waals surface area contributed by atoms with Crippen LogP contribution in [0.4, 0.5) is 0 Å². The number of carbonyl (C=O) groups is 1. The summed E-state index contributed by atoms with van der Waals surface area (Å²) in [7, 11) is 0. The van der Waals surface area contributed by atoms with Crippen molar-refractivity contribution >= 4 is 29.3 Å². The maximum Gasteiger partial charge on any atom is 0.328 e. The fourth-order valence-corrected chi connectivity index (χ4v) is 1.29. The van der Waals surface area contributed by atoms with Gasteiger partial charge in [-0.1, -0.05) is 23.4 Å². The summed E-state index contributed by atoms with van der Waals surface area (Å²) in [6.07, 6.45) is 2.57. The number of aromatic nitrogens is 1. The second kappa shape index (κ2) is 4.89. The molecule has 0 atom stereocenters. The SMILES string of the molecule is O=C(O)C=CSc1ccc(Cl)cn1. The van der Waals surface area contributed by atoms with Gasteiger partial charge in [0.05, 0.1) is 5.02 Å². The van der Waals surface area contributed by atoms with E-state index in [-0.39, 0.29) is 0 Å². The molecule has 1 rings (SSSR count). The van der Waals surface area contributed by atoms with Gasteiger partial charge in [0.25, 0.3) is 0 Å². The number of carboxylic acid groups (broad SMARTS) is 1. The molecule has 1 aromatic heterocycles. The van der Waals surface area contributed by atoms with Crippen LogP contribution in [0.25, 0.3) is 0 Å². The number of pyridine rings is 1. The highest BCUT2D eigenvalue weighted by molar-refractivity contribution is 8.02. The summed E-state index contributed by atoms with van der Waals surface area (Å²) < 4.78 is 0. The van der Waals surface area contributed by atoms with E-state index in [9.17, 15) is 4.79 Å². The van der Waals surface area contributed by atoms with Crippen LogP contribution >= 0.6 is 23.4 Å². The van der Waals surface area contributed by atoms with Crippen LogP contribution in [0.1, 0.15) is 0 Å². The third kappa shape index (κ3) is 3.96. The second-order valence-electron chi connectivity index (χ2n) is 2.07. The lowest BCUT2D eigenvalue weighted by Gasteiger charge is -1.93. The molecule has 0 radical (unpaired) electrons. The zero-order valence-corrected chi connectivity index (χ0v) is 8.05. The number of hydrogen-bond acceptors (Lipinski definition) is 3. The molecule has 1 heterocycles. The van der Waals surface area contributed by atoms with Crippen molar-refractivity contribution < 1.29 is 9.90 Å². The van der Waals surface area contributed by atoms with E-state index in [4.69, 9.17) is 16.7 Å². The molecule has 5 heteroatoms. The first-order chi connectivity index (χ1) is 6.18. The van der Waals surface area contributed by atoms with Crippen molar-refractivity contribution in [3.05, 3.63) is 34.8 Å². The first-order valence-corrected chi connectivity index (χ1v) is 4.62. The van der Waals surface area contributed by atoms with E-state index >= 15 is 0 Å². The van der Waals surface area contributed by atoms with Crippen molar-refractivity contribution in [2.45, 2.75) is 5.03 Å². The first-order valence-electron chi connectivity index (χ1n) is 3.36. The standard InChI is InChI=1S/C8H6ClNO2S/c9-6-1-2-7(10-5-6)13-4-3-8(11)12/h1-5H,(H,11,12). The summed E-state index contributed by atoms with van der Waals surface area (Å²) in [5.74, 6) is -0.971. The number of nitrogens with zero attached hydrogens (tertiary/aromatic N) is 1. The first kappa shape index (κ1) is 10.1. The van der Waals surface area contributed by atoms with E-state index < -0.39 is 5.97 Å². The van der Waals surface area contributed by atoms with E-state index in [2.05, 4.69) is 4.98 Å². The summed E-state index contributed by atoms with van der Waals surface area (Å²) >= 11 is 6.84. The minimum atomic E-state index is -0.971. The molecule has 0 saturated carbocycles. The zero-order chi connectivity index (χ0) is 9.68. The van der Waals surface area contributed by atoms with Gasteiger partial charge in [-0.25, -0.2) is 9.78 Å². The minimum absolute atomic E-state index is 0.562. The van der Waals surface area contributed by atoms with Crippen molar-refractivity contribution in [2.75, 3.05) is 0 Å². The molecule has 0 unspecified atom stereocenters. The highest BCUT2D eigenvalue weighted by Crippen LogP contribution is 2.17. The minimum Gasteiger partial charge on any atom is -0.478 e. The maximum atomic E-state index is 10.1. The fraction of sp³-hybridized carbons (Fsp3) is 0. The van der Waals surface area contributed by atoms with E-state index in [1.165, 1.54) is 23.4 Å². The number of aliphatic carboxylic acids is 1. The Hall–Kier alpha value is -1.00. The van der Waals surface area contributed by atoms with Crippen LogP contribution in [-0.2, 0) is 4.79 Å².